The first-order valence-corrected chi connectivity index (χ1v) is 3.65. The third kappa shape index (κ3) is 7.69. The number of thiocarbonyl (C=S) groups is 1. The minimum Gasteiger partial charge on any atom is -0.487 e. The summed E-state index contributed by atoms with van der Waals surface area (Å²) in [6.45, 7) is 2.93. The lowest BCUT2D eigenvalue weighted by molar-refractivity contribution is 0.525. The second-order valence-corrected chi connectivity index (χ2v) is 2.33. The molecule has 0 aliphatic carbocycles. The molecule has 0 saturated heterocycles. The van der Waals surface area contributed by atoms with Gasteiger partial charge in [0.1, 0.15) is 0 Å². The van der Waals surface area contributed by atoms with Crippen molar-refractivity contribution in [3.8, 4) is 0 Å². The van der Waals surface area contributed by atoms with Crippen LogP contribution in [0.4, 0.5) is 0 Å². The first kappa shape index (κ1) is 8.69. The van der Waals surface area contributed by atoms with Crippen molar-refractivity contribution < 1.29 is 5.11 Å². The molecule has 0 saturated carbocycles. The van der Waals surface area contributed by atoms with E-state index in [1.54, 1.807) is 0 Å². The second-order valence-electron chi connectivity index (χ2n) is 1.94. The van der Waals surface area contributed by atoms with Gasteiger partial charge in [0.2, 0.25) is 0 Å². The number of unbranched alkanes of at least 4 members (excludes halogenated alkanes) is 2. The molecular formula is C6H13NOS. The van der Waals surface area contributed by atoms with Crippen molar-refractivity contribution in [1.29, 1.82) is 0 Å². The molecule has 2 nitrogen and oxygen atoms in total. The SMILES string of the molecule is CCCCCNC(O)=S. The van der Waals surface area contributed by atoms with E-state index in [2.05, 4.69) is 24.5 Å². The topological polar surface area (TPSA) is 32.3 Å². The molecule has 0 aromatic carbocycles. The molecule has 0 amide bonds. The normalized spacial score (nSPS) is 9.00. The van der Waals surface area contributed by atoms with Crippen LogP contribution in [0, 0.1) is 0 Å². The maximum atomic E-state index is 8.47. The fraction of sp³-hybridized carbons (Fsp3) is 0.833. The largest absolute Gasteiger partial charge is 0.487 e. The van der Waals surface area contributed by atoms with Crippen LogP contribution in [0.15, 0.2) is 0 Å². The monoisotopic (exact) mass is 147 g/mol. The average Bonchev–Trinajstić information content (AvgIpc) is 1.80. The third-order valence-electron chi connectivity index (χ3n) is 1.06. The molecule has 2 N–H and O–H groups in total. The van der Waals surface area contributed by atoms with Gasteiger partial charge in [-0.25, -0.2) is 0 Å². The summed E-state index contributed by atoms with van der Waals surface area (Å²) in [4.78, 5) is 0. The quantitative estimate of drug-likeness (QED) is 0.468. The predicted octanol–water partition coefficient (Wildman–Crippen LogP) is 1.61. The first-order chi connectivity index (χ1) is 4.27. The van der Waals surface area contributed by atoms with Gasteiger partial charge in [0.25, 0.3) is 5.17 Å². The number of nitrogens with one attached hydrogen (secondary N) is 1. The Bertz CT molecular complexity index is 85.1. The molecule has 0 radical (unpaired) electrons. The van der Waals surface area contributed by atoms with Gasteiger partial charge < -0.3 is 10.4 Å². The first-order valence-electron chi connectivity index (χ1n) is 3.24. The van der Waals surface area contributed by atoms with E-state index in [-0.39, 0.29) is 5.17 Å². The van der Waals surface area contributed by atoms with E-state index < -0.39 is 0 Å². The minimum absolute atomic E-state index is 0.0916. The van der Waals surface area contributed by atoms with E-state index in [4.69, 9.17) is 5.11 Å². The smallest absolute Gasteiger partial charge is 0.254 e. The summed E-state index contributed by atoms with van der Waals surface area (Å²) in [5.41, 5.74) is 0. The van der Waals surface area contributed by atoms with Gasteiger partial charge in [-0.05, 0) is 18.6 Å². The number of hydrogen-bond donors (Lipinski definition) is 2. The molecule has 54 valence electrons. The van der Waals surface area contributed by atoms with Crippen molar-refractivity contribution in [2.75, 3.05) is 6.54 Å². The van der Waals surface area contributed by atoms with Crippen LogP contribution >= 0.6 is 12.2 Å². The summed E-state index contributed by atoms with van der Waals surface area (Å²) in [6.07, 6.45) is 3.46. The van der Waals surface area contributed by atoms with Crippen LogP contribution in [-0.2, 0) is 0 Å². The molecule has 0 heterocycles. The van der Waals surface area contributed by atoms with Gasteiger partial charge in [0, 0.05) is 6.54 Å². The Morgan fingerprint density at radius 3 is 2.67 bits per heavy atom. The second kappa shape index (κ2) is 5.82. The van der Waals surface area contributed by atoms with Crippen LogP contribution in [0.25, 0.3) is 0 Å². The minimum atomic E-state index is -0.0916. The Morgan fingerprint density at radius 2 is 2.22 bits per heavy atom. The van der Waals surface area contributed by atoms with Crippen LogP contribution in [0.2, 0.25) is 0 Å². The maximum Gasteiger partial charge on any atom is 0.254 e. The number of hydrogen-bond acceptors (Lipinski definition) is 1. The Kier molecular flexibility index (Phi) is 5.62. The van der Waals surface area contributed by atoms with Crippen molar-refractivity contribution in [3.05, 3.63) is 0 Å². The van der Waals surface area contributed by atoms with E-state index in [0.29, 0.717) is 0 Å². The van der Waals surface area contributed by atoms with Crippen molar-refractivity contribution in [1.82, 2.24) is 5.32 Å². The van der Waals surface area contributed by atoms with Gasteiger partial charge >= 0.3 is 0 Å². The van der Waals surface area contributed by atoms with Crippen molar-refractivity contribution >= 4 is 17.4 Å². The van der Waals surface area contributed by atoms with Crippen LogP contribution in [0.5, 0.6) is 0 Å². The molecule has 0 spiro atoms. The standard InChI is InChI=1S/C6H13NOS/c1-2-3-4-5-7-6(8)9/h2-5H2,1H3,(H2,7,8,9). The highest BCUT2D eigenvalue weighted by molar-refractivity contribution is 7.79. The summed E-state index contributed by atoms with van der Waals surface area (Å²) in [6, 6.07) is 0. The van der Waals surface area contributed by atoms with Gasteiger partial charge in [0.15, 0.2) is 0 Å². The molecule has 0 unspecified atom stereocenters. The Labute approximate surface area is 61.3 Å². The fourth-order valence-corrected chi connectivity index (χ4v) is 0.672. The molecule has 0 rings (SSSR count). The van der Waals surface area contributed by atoms with Crippen LogP contribution in [0.3, 0.4) is 0 Å². The summed E-state index contributed by atoms with van der Waals surface area (Å²) in [5, 5.41) is 11.0. The summed E-state index contributed by atoms with van der Waals surface area (Å²) < 4.78 is 0. The fourth-order valence-electron chi connectivity index (χ4n) is 0.570. The molecule has 9 heavy (non-hydrogen) atoms. The van der Waals surface area contributed by atoms with Crippen molar-refractivity contribution in [3.63, 3.8) is 0 Å². The van der Waals surface area contributed by atoms with Crippen LogP contribution in [-0.4, -0.2) is 16.8 Å². The zero-order valence-corrected chi connectivity index (χ0v) is 6.50. The van der Waals surface area contributed by atoms with E-state index >= 15 is 0 Å². The highest BCUT2D eigenvalue weighted by atomic mass is 32.1. The zero-order valence-electron chi connectivity index (χ0n) is 5.68. The summed E-state index contributed by atoms with van der Waals surface area (Å²) >= 11 is 4.39. The van der Waals surface area contributed by atoms with Gasteiger partial charge in [-0.15, -0.1) is 0 Å². The van der Waals surface area contributed by atoms with E-state index in [1.807, 2.05) is 0 Å². The molecular weight excluding hydrogens is 134 g/mol. The number of rotatable bonds is 4. The molecule has 0 fully saturated rings. The lowest BCUT2D eigenvalue weighted by Crippen LogP contribution is -2.21. The molecule has 0 atom stereocenters. The molecule has 0 aliphatic rings. The molecule has 0 aromatic heterocycles. The zero-order chi connectivity index (χ0) is 7.11. The van der Waals surface area contributed by atoms with Gasteiger partial charge in [-0.1, -0.05) is 19.8 Å². The molecule has 0 aliphatic heterocycles. The lowest BCUT2D eigenvalue weighted by Gasteiger charge is -1.99. The van der Waals surface area contributed by atoms with E-state index in [9.17, 15) is 0 Å². The van der Waals surface area contributed by atoms with Crippen molar-refractivity contribution in [2.45, 2.75) is 26.2 Å². The maximum absolute atomic E-state index is 8.47. The summed E-state index contributed by atoms with van der Waals surface area (Å²) in [5.74, 6) is 0. The molecule has 0 bridgehead atoms. The molecule has 0 aromatic rings. The Hall–Kier alpha value is -0.310. The van der Waals surface area contributed by atoms with Crippen molar-refractivity contribution in [2.24, 2.45) is 0 Å². The van der Waals surface area contributed by atoms with Crippen LogP contribution in [0.1, 0.15) is 26.2 Å². The highest BCUT2D eigenvalue weighted by Crippen LogP contribution is 1.90. The lowest BCUT2D eigenvalue weighted by atomic mass is 10.2. The van der Waals surface area contributed by atoms with E-state index in [0.717, 1.165) is 13.0 Å². The predicted molar refractivity (Wildman–Crippen MR) is 42.8 cm³/mol. The van der Waals surface area contributed by atoms with Gasteiger partial charge in [0.05, 0.1) is 0 Å². The highest BCUT2D eigenvalue weighted by Gasteiger charge is 1.87. The third-order valence-corrected chi connectivity index (χ3v) is 1.20. The Balaban J connectivity index is 2.83. The summed E-state index contributed by atoms with van der Waals surface area (Å²) in [7, 11) is 0. The average molecular weight is 147 g/mol. The van der Waals surface area contributed by atoms with E-state index in [1.165, 1.54) is 12.8 Å². The van der Waals surface area contributed by atoms with Gasteiger partial charge in [-0.2, -0.15) is 0 Å². The Morgan fingerprint density at radius 1 is 1.56 bits per heavy atom. The molecule has 3 heteroatoms. The number of aliphatic hydroxyl groups is 1. The van der Waals surface area contributed by atoms with Gasteiger partial charge in [-0.3, -0.25) is 0 Å². The number of aliphatic hydroxyl groups excluding tert-OH is 1. The van der Waals surface area contributed by atoms with Crippen LogP contribution < -0.4 is 5.32 Å².